The number of H-pyrrole nitrogens is 1. The second-order valence-corrected chi connectivity index (χ2v) is 7.67. The maximum absolute atomic E-state index is 14.5. The Morgan fingerprint density at radius 1 is 1.31 bits per heavy atom. The van der Waals surface area contributed by atoms with Gasteiger partial charge in [-0.3, -0.25) is 9.89 Å². The molecule has 1 aliphatic carbocycles. The van der Waals surface area contributed by atoms with Gasteiger partial charge >= 0.3 is 5.97 Å². The van der Waals surface area contributed by atoms with E-state index in [1.165, 1.54) is 6.07 Å². The number of carboxylic acid groups (broad SMARTS) is 1. The lowest BCUT2D eigenvalue weighted by Gasteiger charge is -2.34. The molecule has 3 N–H and O–H groups in total. The molecule has 0 amide bonds. The van der Waals surface area contributed by atoms with Crippen molar-refractivity contribution in [2.24, 2.45) is 5.41 Å². The van der Waals surface area contributed by atoms with E-state index < -0.39 is 23.6 Å². The van der Waals surface area contributed by atoms with Crippen LogP contribution in [0.25, 0.3) is 22.6 Å². The van der Waals surface area contributed by atoms with Crippen LogP contribution in [-0.2, 0) is 4.79 Å². The summed E-state index contributed by atoms with van der Waals surface area (Å²) in [5.41, 5.74) is 0.310. The van der Waals surface area contributed by atoms with Crippen LogP contribution in [0.1, 0.15) is 39.0 Å². The number of aliphatic carboxylic acids is 1. The van der Waals surface area contributed by atoms with Gasteiger partial charge in [-0.25, -0.2) is 23.7 Å². The SMILES string of the molecule is CC1(C(CC(=O)O)Nc2nc(-c3n[nH]c4ncc(F)cc34)ncc2F)CCCC1. The van der Waals surface area contributed by atoms with E-state index in [9.17, 15) is 18.7 Å². The van der Waals surface area contributed by atoms with Crippen molar-refractivity contribution in [3.8, 4) is 11.5 Å². The number of hydrogen-bond donors (Lipinski definition) is 3. The molecule has 1 atom stereocenters. The average molecular weight is 402 g/mol. The highest BCUT2D eigenvalue weighted by atomic mass is 19.1. The van der Waals surface area contributed by atoms with Crippen LogP contribution in [0.2, 0.25) is 0 Å². The van der Waals surface area contributed by atoms with E-state index in [1.54, 1.807) is 0 Å². The average Bonchev–Trinajstić information content (AvgIpc) is 3.29. The standard InChI is InChI=1S/C19H20F2N6O2/c1-19(4-2-3-5-19)13(7-14(28)29)24-17-12(21)9-23-18(25-17)15-11-6-10(20)8-22-16(11)27-26-15/h6,8-9,13H,2-5,7H2,1H3,(H,28,29)(H,22,26,27)(H,23,24,25). The summed E-state index contributed by atoms with van der Waals surface area (Å²) in [6.45, 7) is 2.01. The summed E-state index contributed by atoms with van der Waals surface area (Å²) in [5.74, 6) is -2.23. The van der Waals surface area contributed by atoms with Gasteiger partial charge in [-0.1, -0.05) is 19.8 Å². The number of anilines is 1. The van der Waals surface area contributed by atoms with E-state index in [0.29, 0.717) is 11.0 Å². The topological polar surface area (TPSA) is 117 Å². The highest BCUT2D eigenvalue weighted by molar-refractivity contribution is 5.88. The van der Waals surface area contributed by atoms with Gasteiger partial charge in [-0.05, 0) is 24.3 Å². The Morgan fingerprint density at radius 3 is 2.79 bits per heavy atom. The number of carbonyl (C=O) groups is 1. The summed E-state index contributed by atoms with van der Waals surface area (Å²) in [6, 6.07) is 0.753. The minimum absolute atomic E-state index is 0.0817. The van der Waals surface area contributed by atoms with Crippen molar-refractivity contribution in [1.29, 1.82) is 0 Å². The van der Waals surface area contributed by atoms with Crippen LogP contribution < -0.4 is 5.32 Å². The molecule has 152 valence electrons. The van der Waals surface area contributed by atoms with Gasteiger partial charge in [0.25, 0.3) is 0 Å². The molecule has 8 nitrogen and oxygen atoms in total. The van der Waals surface area contributed by atoms with E-state index >= 15 is 0 Å². The molecule has 29 heavy (non-hydrogen) atoms. The minimum Gasteiger partial charge on any atom is -0.481 e. The van der Waals surface area contributed by atoms with E-state index in [4.69, 9.17) is 0 Å². The Labute approximate surface area is 164 Å². The number of nitrogens with zero attached hydrogens (tertiary/aromatic N) is 4. The molecule has 4 rings (SSSR count). The molecule has 0 aromatic carbocycles. The molecule has 0 bridgehead atoms. The fourth-order valence-corrected chi connectivity index (χ4v) is 3.97. The van der Waals surface area contributed by atoms with Gasteiger partial charge in [-0.15, -0.1) is 0 Å². The van der Waals surface area contributed by atoms with E-state index in [-0.39, 0.29) is 29.2 Å². The predicted octanol–water partition coefficient (Wildman–Crippen LogP) is 3.53. The van der Waals surface area contributed by atoms with Crippen LogP contribution in [0, 0.1) is 17.0 Å². The lowest BCUT2D eigenvalue weighted by atomic mass is 9.79. The van der Waals surface area contributed by atoms with Crippen molar-refractivity contribution in [3.63, 3.8) is 0 Å². The van der Waals surface area contributed by atoms with E-state index in [0.717, 1.165) is 38.1 Å². The van der Waals surface area contributed by atoms with Crippen LogP contribution in [0.15, 0.2) is 18.5 Å². The Morgan fingerprint density at radius 2 is 2.07 bits per heavy atom. The first-order chi connectivity index (χ1) is 13.9. The van der Waals surface area contributed by atoms with Crippen molar-refractivity contribution in [3.05, 3.63) is 30.1 Å². The highest BCUT2D eigenvalue weighted by Gasteiger charge is 2.38. The monoisotopic (exact) mass is 402 g/mol. The van der Waals surface area contributed by atoms with E-state index in [1.807, 2.05) is 6.92 Å². The van der Waals surface area contributed by atoms with Gasteiger partial charge in [0.2, 0.25) is 0 Å². The molecule has 10 heteroatoms. The molecule has 3 heterocycles. The van der Waals surface area contributed by atoms with E-state index in [2.05, 4.69) is 30.5 Å². The third kappa shape index (κ3) is 3.74. The number of nitrogens with one attached hydrogen (secondary N) is 2. The molecule has 0 spiro atoms. The smallest absolute Gasteiger partial charge is 0.305 e. The molecule has 0 aliphatic heterocycles. The number of carboxylic acids is 1. The summed E-state index contributed by atoms with van der Waals surface area (Å²) in [4.78, 5) is 23.5. The largest absolute Gasteiger partial charge is 0.481 e. The number of fused-ring (bicyclic) bond motifs is 1. The zero-order chi connectivity index (χ0) is 20.6. The summed E-state index contributed by atoms with van der Waals surface area (Å²) >= 11 is 0. The van der Waals surface area contributed by atoms with Crippen LogP contribution >= 0.6 is 0 Å². The first kappa shape index (κ1) is 19.2. The van der Waals surface area contributed by atoms with Gasteiger partial charge in [-0.2, -0.15) is 5.10 Å². The van der Waals surface area contributed by atoms with Gasteiger partial charge in [0.15, 0.2) is 23.1 Å². The number of pyridine rings is 1. The molecular formula is C19H20F2N6O2. The zero-order valence-corrected chi connectivity index (χ0v) is 15.7. The Hall–Kier alpha value is -3.17. The molecule has 1 aliphatic rings. The van der Waals surface area contributed by atoms with Crippen molar-refractivity contribution < 1.29 is 18.7 Å². The molecule has 1 fully saturated rings. The van der Waals surface area contributed by atoms with Gasteiger partial charge < -0.3 is 10.4 Å². The van der Waals surface area contributed by atoms with Gasteiger partial charge in [0.1, 0.15) is 11.5 Å². The Balaban J connectivity index is 1.70. The second-order valence-electron chi connectivity index (χ2n) is 7.67. The van der Waals surface area contributed by atoms with Crippen LogP contribution in [-0.4, -0.2) is 42.3 Å². The lowest BCUT2D eigenvalue weighted by Crippen LogP contribution is -2.39. The summed E-state index contributed by atoms with van der Waals surface area (Å²) in [5, 5.41) is 19.4. The number of aromatic amines is 1. The third-order valence-electron chi connectivity index (χ3n) is 5.62. The number of aromatic nitrogens is 5. The first-order valence-electron chi connectivity index (χ1n) is 9.36. The van der Waals surface area contributed by atoms with Gasteiger partial charge in [0.05, 0.1) is 24.2 Å². The summed E-state index contributed by atoms with van der Waals surface area (Å²) in [6.07, 6.45) is 5.61. The zero-order valence-electron chi connectivity index (χ0n) is 15.7. The fourth-order valence-electron chi connectivity index (χ4n) is 3.97. The fraction of sp³-hybridized carbons (Fsp3) is 0.421. The van der Waals surface area contributed by atoms with Crippen molar-refractivity contribution in [2.75, 3.05) is 5.32 Å². The quantitative estimate of drug-likeness (QED) is 0.577. The van der Waals surface area contributed by atoms with Crippen LogP contribution in [0.3, 0.4) is 0 Å². The molecule has 0 radical (unpaired) electrons. The Kier molecular flexibility index (Phi) is 4.85. The molecule has 0 saturated heterocycles. The normalized spacial score (nSPS) is 16.8. The highest BCUT2D eigenvalue weighted by Crippen LogP contribution is 2.43. The summed E-state index contributed by atoms with van der Waals surface area (Å²) in [7, 11) is 0. The number of halogens is 2. The maximum atomic E-state index is 14.5. The molecule has 3 aromatic heterocycles. The molecule has 1 saturated carbocycles. The van der Waals surface area contributed by atoms with Crippen molar-refractivity contribution in [1.82, 2.24) is 25.1 Å². The molecule has 3 aromatic rings. The molecule has 1 unspecified atom stereocenters. The lowest BCUT2D eigenvalue weighted by molar-refractivity contribution is -0.137. The maximum Gasteiger partial charge on any atom is 0.305 e. The van der Waals surface area contributed by atoms with Crippen LogP contribution in [0.5, 0.6) is 0 Å². The predicted molar refractivity (Wildman–Crippen MR) is 101 cm³/mol. The van der Waals surface area contributed by atoms with Crippen molar-refractivity contribution >= 4 is 22.8 Å². The number of rotatable bonds is 6. The third-order valence-corrected chi connectivity index (χ3v) is 5.62. The van der Waals surface area contributed by atoms with Gasteiger partial charge in [0, 0.05) is 6.04 Å². The minimum atomic E-state index is -0.967. The second kappa shape index (κ2) is 7.34. The Bertz CT molecular complexity index is 1060. The first-order valence-corrected chi connectivity index (χ1v) is 9.36. The summed E-state index contributed by atoms with van der Waals surface area (Å²) < 4.78 is 28.1. The van der Waals surface area contributed by atoms with Crippen molar-refractivity contribution in [2.45, 2.75) is 45.1 Å². The molecular weight excluding hydrogens is 382 g/mol. The number of hydrogen-bond acceptors (Lipinski definition) is 6. The van der Waals surface area contributed by atoms with Crippen LogP contribution in [0.4, 0.5) is 14.6 Å².